The molecule has 4 nitrogen and oxygen atoms in total. The van der Waals surface area contributed by atoms with Crippen molar-refractivity contribution in [1.29, 1.82) is 0 Å². The molecular formula is C14H22ClNO3. The highest BCUT2D eigenvalue weighted by Crippen LogP contribution is 2.37. The number of hydrogen-bond acceptors (Lipinski definition) is 4. The van der Waals surface area contributed by atoms with Crippen molar-refractivity contribution in [3.63, 3.8) is 0 Å². The van der Waals surface area contributed by atoms with Crippen LogP contribution in [0.15, 0.2) is 12.1 Å². The van der Waals surface area contributed by atoms with Gasteiger partial charge in [-0.3, -0.25) is 0 Å². The third-order valence-electron chi connectivity index (χ3n) is 2.34. The number of rotatable bonds is 8. The molecule has 0 amide bonds. The van der Waals surface area contributed by atoms with Gasteiger partial charge in [0.2, 0.25) is 0 Å². The average Bonchev–Trinajstić information content (AvgIpc) is 2.34. The SMILES string of the molecule is CCOc1cc(CNCCO)cc(Cl)c1OC(C)C. The quantitative estimate of drug-likeness (QED) is 0.722. The van der Waals surface area contributed by atoms with E-state index < -0.39 is 0 Å². The molecule has 0 unspecified atom stereocenters. The summed E-state index contributed by atoms with van der Waals surface area (Å²) >= 11 is 6.25. The molecule has 0 saturated carbocycles. The van der Waals surface area contributed by atoms with Crippen molar-refractivity contribution >= 4 is 11.6 Å². The van der Waals surface area contributed by atoms with Crippen molar-refractivity contribution in [2.45, 2.75) is 33.4 Å². The van der Waals surface area contributed by atoms with Gasteiger partial charge in [-0.15, -0.1) is 0 Å². The van der Waals surface area contributed by atoms with Crippen LogP contribution in [0.25, 0.3) is 0 Å². The van der Waals surface area contributed by atoms with Crippen LogP contribution in [0.2, 0.25) is 5.02 Å². The Bertz CT molecular complexity index is 397. The summed E-state index contributed by atoms with van der Waals surface area (Å²) in [6, 6.07) is 3.77. The summed E-state index contributed by atoms with van der Waals surface area (Å²) in [6.07, 6.45) is 0.0371. The van der Waals surface area contributed by atoms with Gasteiger partial charge in [0, 0.05) is 13.1 Å². The molecule has 0 radical (unpaired) electrons. The standard InChI is InChI=1S/C14H22ClNO3/c1-4-18-13-8-11(9-16-5-6-17)7-12(15)14(13)19-10(2)3/h7-8,10,16-17H,4-6,9H2,1-3H3. The second kappa shape index (κ2) is 8.25. The van der Waals surface area contributed by atoms with E-state index in [-0.39, 0.29) is 12.7 Å². The van der Waals surface area contributed by atoms with Gasteiger partial charge in [0.1, 0.15) is 0 Å². The Labute approximate surface area is 119 Å². The van der Waals surface area contributed by atoms with Gasteiger partial charge in [-0.25, -0.2) is 0 Å². The number of halogens is 1. The monoisotopic (exact) mass is 287 g/mol. The number of aliphatic hydroxyl groups is 1. The van der Waals surface area contributed by atoms with Crippen LogP contribution in [0.4, 0.5) is 0 Å². The maximum atomic E-state index is 8.75. The molecule has 1 aromatic rings. The fourth-order valence-electron chi connectivity index (χ4n) is 1.65. The van der Waals surface area contributed by atoms with Crippen molar-refractivity contribution < 1.29 is 14.6 Å². The number of nitrogens with one attached hydrogen (secondary N) is 1. The second-order valence-electron chi connectivity index (χ2n) is 4.40. The Hall–Kier alpha value is -0.970. The summed E-state index contributed by atoms with van der Waals surface area (Å²) in [5.41, 5.74) is 0.998. The highest BCUT2D eigenvalue weighted by atomic mass is 35.5. The predicted octanol–water partition coefficient (Wildman–Crippen LogP) is 2.61. The molecule has 0 aliphatic heterocycles. The molecule has 0 bridgehead atoms. The molecule has 0 heterocycles. The van der Waals surface area contributed by atoms with Gasteiger partial charge in [0.15, 0.2) is 11.5 Å². The summed E-state index contributed by atoms with van der Waals surface area (Å²) in [4.78, 5) is 0. The summed E-state index contributed by atoms with van der Waals surface area (Å²) in [7, 11) is 0. The van der Waals surface area contributed by atoms with Gasteiger partial charge < -0.3 is 19.9 Å². The first kappa shape index (κ1) is 16.1. The summed E-state index contributed by atoms with van der Waals surface area (Å²) in [6.45, 7) is 7.66. The smallest absolute Gasteiger partial charge is 0.180 e. The topological polar surface area (TPSA) is 50.7 Å². The summed E-state index contributed by atoms with van der Waals surface area (Å²) in [5, 5.41) is 12.4. The Morgan fingerprint density at radius 3 is 2.68 bits per heavy atom. The molecule has 108 valence electrons. The van der Waals surface area contributed by atoms with Gasteiger partial charge >= 0.3 is 0 Å². The minimum absolute atomic E-state index is 0.0371. The number of ether oxygens (including phenoxy) is 2. The lowest BCUT2D eigenvalue weighted by Crippen LogP contribution is -2.17. The molecule has 1 aromatic carbocycles. The van der Waals surface area contributed by atoms with Crippen LogP contribution >= 0.6 is 11.6 Å². The maximum absolute atomic E-state index is 8.75. The normalized spacial score (nSPS) is 10.8. The fourth-order valence-corrected chi connectivity index (χ4v) is 1.93. The minimum atomic E-state index is 0.0371. The van der Waals surface area contributed by atoms with Crippen LogP contribution in [0.5, 0.6) is 11.5 Å². The largest absolute Gasteiger partial charge is 0.490 e. The van der Waals surface area contributed by atoms with Crippen LogP contribution in [-0.4, -0.2) is 31.0 Å². The third kappa shape index (κ3) is 5.27. The van der Waals surface area contributed by atoms with E-state index in [1.165, 1.54) is 0 Å². The first-order chi connectivity index (χ1) is 9.08. The van der Waals surface area contributed by atoms with Crippen molar-refractivity contribution in [3.8, 4) is 11.5 Å². The lowest BCUT2D eigenvalue weighted by atomic mass is 10.2. The van der Waals surface area contributed by atoms with Gasteiger partial charge in [-0.05, 0) is 38.5 Å². The Morgan fingerprint density at radius 1 is 1.37 bits per heavy atom. The zero-order valence-electron chi connectivity index (χ0n) is 11.7. The lowest BCUT2D eigenvalue weighted by Gasteiger charge is -2.17. The number of aliphatic hydroxyl groups excluding tert-OH is 1. The minimum Gasteiger partial charge on any atom is -0.490 e. The zero-order chi connectivity index (χ0) is 14.3. The molecule has 0 saturated heterocycles. The molecule has 19 heavy (non-hydrogen) atoms. The van der Waals surface area contributed by atoms with Crippen molar-refractivity contribution in [3.05, 3.63) is 22.7 Å². The molecule has 0 fully saturated rings. The van der Waals surface area contributed by atoms with E-state index in [1.54, 1.807) is 0 Å². The fraction of sp³-hybridized carbons (Fsp3) is 0.571. The van der Waals surface area contributed by atoms with Gasteiger partial charge in [-0.1, -0.05) is 11.6 Å². The van der Waals surface area contributed by atoms with Crippen molar-refractivity contribution in [2.24, 2.45) is 0 Å². The highest BCUT2D eigenvalue weighted by Gasteiger charge is 2.13. The van der Waals surface area contributed by atoms with E-state index in [0.29, 0.717) is 36.2 Å². The van der Waals surface area contributed by atoms with Crippen molar-refractivity contribution in [2.75, 3.05) is 19.8 Å². The van der Waals surface area contributed by atoms with E-state index in [0.717, 1.165) is 5.56 Å². The van der Waals surface area contributed by atoms with E-state index >= 15 is 0 Å². The third-order valence-corrected chi connectivity index (χ3v) is 2.62. The Kier molecular flexibility index (Phi) is 6.99. The maximum Gasteiger partial charge on any atom is 0.180 e. The van der Waals surface area contributed by atoms with E-state index in [1.807, 2.05) is 32.9 Å². The number of hydrogen-bond donors (Lipinski definition) is 2. The highest BCUT2D eigenvalue weighted by molar-refractivity contribution is 6.32. The van der Waals surface area contributed by atoms with Gasteiger partial charge in [-0.2, -0.15) is 0 Å². The average molecular weight is 288 g/mol. The van der Waals surface area contributed by atoms with Crippen LogP contribution in [0, 0.1) is 0 Å². The van der Waals surface area contributed by atoms with E-state index in [4.69, 9.17) is 26.2 Å². The first-order valence-electron chi connectivity index (χ1n) is 6.52. The van der Waals surface area contributed by atoms with Crippen LogP contribution in [0.3, 0.4) is 0 Å². The van der Waals surface area contributed by atoms with Crippen LogP contribution in [-0.2, 0) is 6.54 Å². The molecule has 1 rings (SSSR count). The lowest BCUT2D eigenvalue weighted by molar-refractivity contribution is 0.224. The summed E-state index contributed by atoms with van der Waals surface area (Å²) < 4.78 is 11.3. The Morgan fingerprint density at radius 2 is 2.11 bits per heavy atom. The second-order valence-corrected chi connectivity index (χ2v) is 4.81. The Balaban J connectivity index is 2.92. The molecule has 0 aliphatic carbocycles. The van der Waals surface area contributed by atoms with Gasteiger partial charge in [0.25, 0.3) is 0 Å². The van der Waals surface area contributed by atoms with Crippen molar-refractivity contribution in [1.82, 2.24) is 5.32 Å². The molecule has 0 aliphatic rings. The van der Waals surface area contributed by atoms with Crippen LogP contribution < -0.4 is 14.8 Å². The molecular weight excluding hydrogens is 266 g/mol. The first-order valence-corrected chi connectivity index (χ1v) is 6.89. The summed E-state index contributed by atoms with van der Waals surface area (Å²) in [5.74, 6) is 1.24. The van der Waals surface area contributed by atoms with Gasteiger partial charge in [0.05, 0.1) is 24.3 Å². The molecule has 5 heteroatoms. The molecule has 0 aromatic heterocycles. The van der Waals surface area contributed by atoms with E-state index in [2.05, 4.69) is 5.32 Å². The molecule has 0 spiro atoms. The predicted molar refractivity (Wildman–Crippen MR) is 77.2 cm³/mol. The van der Waals surface area contributed by atoms with E-state index in [9.17, 15) is 0 Å². The zero-order valence-corrected chi connectivity index (χ0v) is 12.5. The number of benzene rings is 1. The molecule has 0 atom stereocenters. The molecule has 2 N–H and O–H groups in total. The van der Waals surface area contributed by atoms with Crippen LogP contribution in [0.1, 0.15) is 26.3 Å².